The van der Waals surface area contributed by atoms with Crippen molar-refractivity contribution in [3.8, 4) is 0 Å². The Balaban J connectivity index is 1.61. The Morgan fingerprint density at radius 2 is 2.32 bits per heavy atom. The van der Waals surface area contributed by atoms with Gasteiger partial charge in [0.1, 0.15) is 0 Å². The lowest BCUT2D eigenvalue weighted by Gasteiger charge is -2.33. The lowest BCUT2D eigenvalue weighted by Crippen LogP contribution is -2.40. The van der Waals surface area contributed by atoms with Crippen molar-refractivity contribution in [2.45, 2.75) is 30.7 Å². The van der Waals surface area contributed by atoms with Crippen LogP contribution in [0.15, 0.2) is 23.1 Å². The quantitative estimate of drug-likeness (QED) is 0.855. The lowest BCUT2D eigenvalue weighted by molar-refractivity contribution is 0.194. The van der Waals surface area contributed by atoms with Crippen molar-refractivity contribution < 1.29 is 0 Å². The SMILES string of the molecule is CSc1ccc2c(c1)CCN(CC1CCCNC1)C2. The van der Waals surface area contributed by atoms with Gasteiger partial charge in [-0.3, -0.25) is 4.90 Å². The number of rotatable bonds is 3. The maximum atomic E-state index is 3.53. The molecule has 104 valence electrons. The summed E-state index contributed by atoms with van der Waals surface area (Å²) in [6, 6.07) is 7.00. The maximum absolute atomic E-state index is 3.53. The van der Waals surface area contributed by atoms with Gasteiger partial charge in [0, 0.05) is 24.5 Å². The molecule has 1 saturated heterocycles. The highest BCUT2D eigenvalue weighted by atomic mass is 32.2. The van der Waals surface area contributed by atoms with Gasteiger partial charge in [0.2, 0.25) is 0 Å². The number of benzene rings is 1. The van der Waals surface area contributed by atoms with Crippen LogP contribution >= 0.6 is 11.8 Å². The highest BCUT2D eigenvalue weighted by Crippen LogP contribution is 2.25. The van der Waals surface area contributed by atoms with Crippen LogP contribution in [-0.4, -0.2) is 37.3 Å². The van der Waals surface area contributed by atoms with Gasteiger partial charge in [-0.25, -0.2) is 0 Å². The van der Waals surface area contributed by atoms with Crippen LogP contribution in [-0.2, 0) is 13.0 Å². The molecule has 1 aromatic rings. The fraction of sp³-hybridized carbons (Fsp3) is 0.625. The highest BCUT2D eigenvalue weighted by molar-refractivity contribution is 7.98. The molecule has 1 fully saturated rings. The minimum Gasteiger partial charge on any atom is -0.316 e. The first-order valence-electron chi connectivity index (χ1n) is 7.44. The number of piperidine rings is 1. The van der Waals surface area contributed by atoms with E-state index in [1.54, 1.807) is 11.1 Å². The Labute approximate surface area is 121 Å². The molecule has 0 aromatic heterocycles. The summed E-state index contributed by atoms with van der Waals surface area (Å²) in [7, 11) is 0. The molecule has 2 nitrogen and oxygen atoms in total. The Morgan fingerprint density at radius 3 is 3.11 bits per heavy atom. The summed E-state index contributed by atoms with van der Waals surface area (Å²) in [5, 5.41) is 3.53. The van der Waals surface area contributed by atoms with E-state index in [0.29, 0.717) is 0 Å². The second-order valence-corrected chi connectivity index (χ2v) is 6.71. The molecular weight excluding hydrogens is 252 g/mol. The zero-order valence-corrected chi connectivity index (χ0v) is 12.6. The van der Waals surface area contributed by atoms with Crippen LogP contribution in [0.25, 0.3) is 0 Å². The summed E-state index contributed by atoms with van der Waals surface area (Å²) in [4.78, 5) is 4.06. The molecule has 2 aliphatic heterocycles. The zero-order chi connectivity index (χ0) is 13.1. The van der Waals surface area contributed by atoms with E-state index in [2.05, 4.69) is 34.7 Å². The number of nitrogens with zero attached hydrogens (tertiary/aromatic N) is 1. The molecule has 1 unspecified atom stereocenters. The summed E-state index contributed by atoms with van der Waals surface area (Å²) in [6.45, 7) is 6.10. The summed E-state index contributed by atoms with van der Waals surface area (Å²) in [6.07, 6.45) is 6.14. The van der Waals surface area contributed by atoms with Gasteiger partial charge in [0.25, 0.3) is 0 Å². The molecule has 0 saturated carbocycles. The second kappa shape index (κ2) is 6.29. The fourth-order valence-electron chi connectivity index (χ4n) is 3.32. The van der Waals surface area contributed by atoms with E-state index in [1.165, 1.54) is 50.3 Å². The number of fused-ring (bicyclic) bond motifs is 1. The first-order valence-corrected chi connectivity index (χ1v) is 8.66. The van der Waals surface area contributed by atoms with Crippen molar-refractivity contribution in [3.63, 3.8) is 0 Å². The molecule has 1 N–H and O–H groups in total. The first-order chi connectivity index (χ1) is 9.35. The molecule has 19 heavy (non-hydrogen) atoms. The van der Waals surface area contributed by atoms with Crippen molar-refractivity contribution in [2.24, 2.45) is 5.92 Å². The van der Waals surface area contributed by atoms with Crippen molar-refractivity contribution >= 4 is 11.8 Å². The largest absolute Gasteiger partial charge is 0.316 e. The van der Waals surface area contributed by atoms with Crippen molar-refractivity contribution in [1.82, 2.24) is 10.2 Å². The molecule has 2 aliphatic rings. The third-order valence-corrected chi connectivity index (χ3v) is 5.15. The lowest BCUT2D eigenvalue weighted by atomic mass is 9.95. The van der Waals surface area contributed by atoms with Gasteiger partial charge in [0.05, 0.1) is 0 Å². The monoisotopic (exact) mass is 276 g/mol. The molecule has 0 spiro atoms. The average Bonchev–Trinajstić information content (AvgIpc) is 2.48. The minimum absolute atomic E-state index is 0.862. The predicted octanol–water partition coefficient (Wildman–Crippen LogP) is 2.77. The fourth-order valence-corrected chi connectivity index (χ4v) is 3.78. The predicted molar refractivity (Wildman–Crippen MR) is 82.8 cm³/mol. The van der Waals surface area contributed by atoms with Gasteiger partial charge in [0.15, 0.2) is 0 Å². The van der Waals surface area contributed by atoms with Gasteiger partial charge in [-0.05, 0) is 67.8 Å². The van der Waals surface area contributed by atoms with Crippen LogP contribution in [0.1, 0.15) is 24.0 Å². The first kappa shape index (κ1) is 13.5. The van der Waals surface area contributed by atoms with Crippen LogP contribution < -0.4 is 5.32 Å². The van der Waals surface area contributed by atoms with E-state index in [-0.39, 0.29) is 0 Å². The molecule has 0 bridgehead atoms. The minimum atomic E-state index is 0.862. The molecule has 1 atom stereocenters. The topological polar surface area (TPSA) is 15.3 Å². The average molecular weight is 276 g/mol. The van der Waals surface area contributed by atoms with Crippen LogP contribution in [0, 0.1) is 5.92 Å². The Bertz CT molecular complexity index is 427. The summed E-state index contributed by atoms with van der Waals surface area (Å²) < 4.78 is 0. The summed E-state index contributed by atoms with van der Waals surface area (Å²) in [5.74, 6) is 0.862. The van der Waals surface area contributed by atoms with Crippen LogP contribution in [0.4, 0.5) is 0 Å². The number of nitrogens with one attached hydrogen (secondary N) is 1. The summed E-state index contributed by atoms with van der Waals surface area (Å²) >= 11 is 1.85. The molecule has 0 aliphatic carbocycles. The normalized spacial score (nSPS) is 24.2. The van der Waals surface area contributed by atoms with Crippen LogP contribution in [0.2, 0.25) is 0 Å². The second-order valence-electron chi connectivity index (χ2n) is 5.83. The maximum Gasteiger partial charge on any atom is 0.0236 e. The number of thioether (sulfide) groups is 1. The Morgan fingerprint density at radius 1 is 1.37 bits per heavy atom. The van der Waals surface area contributed by atoms with Crippen molar-refractivity contribution in [3.05, 3.63) is 29.3 Å². The van der Waals surface area contributed by atoms with E-state index >= 15 is 0 Å². The van der Waals surface area contributed by atoms with Gasteiger partial charge < -0.3 is 5.32 Å². The van der Waals surface area contributed by atoms with Crippen molar-refractivity contribution in [1.29, 1.82) is 0 Å². The highest BCUT2D eigenvalue weighted by Gasteiger charge is 2.21. The molecule has 0 amide bonds. The molecule has 3 heteroatoms. The van der Waals surface area contributed by atoms with Gasteiger partial charge in [-0.2, -0.15) is 0 Å². The molecule has 1 aromatic carbocycles. The smallest absolute Gasteiger partial charge is 0.0236 e. The van der Waals surface area contributed by atoms with Crippen molar-refractivity contribution in [2.75, 3.05) is 32.4 Å². The third-order valence-electron chi connectivity index (χ3n) is 4.42. The molecule has 0 radical (unpaired) electrons. The van der Waals surface area contributed by atoms with E-state index in [9.17, 15) is 0 Å². The Hall–Kier alpha value is -0.510. The van der Waals surface area contributed by atoms with E-state index in [4.69, 9.17) is 0 Å². The van der Waals surface area contributed by atoms with Gasteiger partial charge >= 0.3 is 0 Å². The van der Waals surface area contributed by atoms with Crippen LogP contribution in [0.5, 0.6) is 0 Å². The number of hydrogen-bond acceptors (Lipinski definition) is 3. The van der Waals surface area contributed by atoms with Gasteiger partial charge in [-0.1, -0.05) is 6.07 Å². The van der Waals surface area contributed by atoms with E-state index < -0.39 is 0 Å². The molecular formula is C16H24N2S. The van der Waals surface area contributed by atoms with Gasteiger partial charge in [-0.15, -0.1) is 11.8 Å². The standard InChI is InChI=1S/C16H24N2S/c1-19-16-5-4-15-12-18(8-6-14(15)9-16)11-13-3-2-7-17-10-13/h4-5,9,13,17H,2-3,6-8,10-12H2,1H3. The summed E-state index contributed by atoms with van der Waals surface area (Å²) in [5.41, 5.74) is 3.12. The van der Waals surface area contributed by atoms with E-state index in [0.717, 1.165) is 12.5 Å². The van der Waals surface area contributed by atoms with E-state index in [1.807, 2.05) is 11.8 Å². The third kappa shape index (κ3) is 3.33. The zero-order valence-electron chi connectivity index (χ0n) is 11.8. The number of hydrogen-bond donors (Lipinski definition) is 1. The van der Waals surface area contributed by atoms with Crippen LogP contribution in [0.3, 0.4) is 0 Å². The molecule has 2 heterocycles. The molecule has 3 rings (SSSR count). The Kier molecular flexibility index (Phi) is 4.46.